The van der Waals surface area contributed by atoms with Crippen LogP contribution in [-0.2, 0) is 0 Å². The number of allylic oxidation sites excluding steroid dienone is 4. The molecule has 120 valence electrons. The molecule has 0 amide bonds. The van der Waals surface area contributed by atoms with Gasteiger partial charge in [-0.2, -0.15) is 0 Å². The monoisotopic (exact) mass is 305 g/mol. The molecule has 0 aromatic heterocycles. The van der Waals surface area contributed by atoms with E-state index in [0.29, 0.717) is 0 Å². The third-order valence-electron chi connectivity index (χ3n) is 3.80. The predicted molar refractivity (Wildman–Crippen MR) is 102 cm³/mol. The van der Waals surface area contributed by atoms with Gasteiger partial charge < -0.3 is 4.90 Å². The normalized spacial score (nSPS) is 13.0. The fourth-order valence-electron chi connectivity index (χ4n) is 2.79. The maximum atomic E-state index is 2.38. The van der Waals surface area contributed by atoms with E-state index in [2.05, 4.69) is 85.5 Å². The molecule has 3 rings (SSSR count). The highest BCUT2D eigenvalue weighted by molar-refractivity contribution is 5.69. The smallest absolute Gasteiger partial charge is 0.0461 e. The van der Waals surface area contributed by atoms with E-state index in [1.165, 1.54) is 28.2 Å². The van der Waals surface area contributed by atoms with E-state index in [4.69, 9.17) is 0 Å². The van der Waals surface area contributed by atoms with Crippen molar-refractivity contribution in [3.8, 4) is 0 Å². The van der Waals surface area contributed by atoms with Crippen molar-refractivity contribution in [2.24, 2.45) is 0 Å². The second-order valence-electron chi connectivity index (χ2n) is 5.64. The molecule has 0 spiro atoms. The van der Waals surface area contributed by atoms with E-state index >= 15 is 0 Å². The molecule has 0 atom stereocenters. The van der Waals surface area contributed by atoms with Crippen molar-refractivity contribution in [1.82, 2.24) is 0 Å². The van der Waals surface area contributed by atoms with Gasteiger partial charge in [-0.1, -0.05) is 50.3 Å². The first kappa shape index (κ1) is 17.1. The molecule has 1 aliphatic rings. The summed E-state index contributed by atoms with van der Waals surface area (Å²) >= 11 is 0. The van der Waals surface area contributed by atoms with Crippen molar-refractivity contribution in [2.75, 3.05) is 4.90 Å². The lowest BCUT2D eigenvalue weighted by molar-refractivity contribution is 0.917. The summed E-state index contributed by atoms with van der Waals surface area (Å²) in [4.78, 5) is 2.38. The second kappa shape index (κ2) is 8.38. The molecule has 0 unspecified atom stereocenters. The minimum Gasteiger partial charge on any atom is -0.314 e. The Balaban J connectivity index is 0.000000924. The maximum Gasteiger partial charge on any atom is 0.0461 e. The van der Waals surface area contributed by atoms with Crippen molar-refractivity contribution in [1.29, 1.82) is 0 Å². The Morgan fingerprint density at radius 3 is 1.83 bits per heavy atom. The molecule has 0 N–H and O–H groups in total. The first-order valence-corrected chi connectivity index (χ1v) is 8.53. The number of hydrogen-bond acceptors (Lipinski definition) is 1. The average Bonchev–Trinajstić information content (AvgIpc) is 2.58. The molecule has 2 aromatic carbocycles. The van der Waals surface area contributed by atoms with Gasteiger partial charge in [-0.05, 0) is 68.2 Å². The summed E-state index contributed by atoms with van der Waals surface area (Å²) in [5, 5.41) is 0. The Bertz CT molecular complexity index is 649. The number of hydrogen-bond donors (Lipinski definition) is 0. The second-order valence-corrected chi connectivity index (χ2v) is 5.64. The molecule has 0 saturated carbocycles. The number of aryl methyl sites for hydroxylation is 2. The van der Waals surface area contributed by atoms with Crippen LogP contribution in [0.5, 0.6) is 0 Å². The number of nitrogens with zero attached hydrogens (tertiary/aromatic N) is 1. The van der Waals surface area contributed by atoms with Crippen molar-refractivity contribution in [3.05, 3.63) is 83.6 Å². The van der Waals surface area contributed by atoms with Crippen LogP contribution >= 0.6 is 0 Å². The van der Waals surface area contributed by atoms with E-state index in [-0.39, 0.29) is 0 Å². The zero-order valence-corrected chi connectivity index (χ0v) is 14.7. The number of anilines is 2. The highest BCUT2D eigenvalue weighted by atomic mass is 15.1. The summed E-state index contributed by atoms with van der Waals surface area (Å²) in [5.41, 5.74) is 6.41. The standard InChI is InChI=1S/C20H21N.C2H6/c1-16-8-6-12-19(14-16)21(18-10-4-3-5-11-18)20-13-7-9-17(2)15-20;1-2/h3-4,6-10,12-15H,5,11H2,1-2H3;1-2H3. The van der Waals surface area contributed by atoms with E-state index in [0.717, 1.165) is 12.8 Å². The van der Waals surface area contributed by atoms with Gasteiger partial charge in [0.05, 0.1) is 0 Å². The quantitative estimate of drug-likeness (QED) is 0.609. The van der Waals surface area contributed by atoms with E-state index < -0.39 is 0 Å². The fraction of sp³-hybridized carbons (Fsp3) is 0.273. The first-order valence-electron chi connectivity index (χ1n) is 8.53. The fourth-order valence-corrected chi connectivity index (χ4v) is 2.79. The summed E-state index contributed by atoms with van der Waals surface area (Å²) in [6, 6.07) is 17.4. The van der Waals surface area contributed by atoms with Crippen LogP contribution in [0.2, 0.25) is 0 Å². The molecule has 0 bridgehead atoms. The molecular weight excluding hydrogens is 278 g/mol. The van der Waals surface area contributed by atoms with Crippen molar-refractivity contribution < 1.29 is 0 Å². The van der Waals surface area contributed by atoms with Gasteiger partial charge >= 0.3 is 0 Å². The van der Waals surface area contributed by atoms with Crippen LogP contribution in [0.4, 0.5) is 11.4 Å². The van der Waals surface area contributed by atoms with Gasteiger partial charge in [0.2, 0.25) is 0 Å². The molecule has 1 aliphatic carbocycles. The van der Waals surface area contributed by atoms with Crippen LogP contribution in [0.1, 0.15) is 37.8 Å². The van der Waals surface area contributed by atoms with Crippen LogP contribution in [0.3, 0.4) is 0 Å². The Kier molecular flexibility index (Phi) is 6.22. The first-order chi connectivity index (χ1) is 11.2. The maximum absolute atomic E-state index is 2.38. The van der Waals surface area contributed by atoms with Crippen molar-refractivity contribution in [2.45, 2.75) is 40.5 Å². The van der Waals surface area contributed by atoms with Gasteiger partial charge in [-0.25, -0.2) is 0 Å². The van der Waals surface area contributed by atoms with Crippen LogP contribution in [0.25, 0.3) is 0 Å². The Hall–Kier alpha value is -2.28. The third-order valence-corrected chi connectivity index (χ3v) is 3.80. The predicted octanol–water partition coefficient (Wildman–Crippen LogP) is 6.70. The molecule has 1 heteroatoms. The molecule has 2 aromatic rings. The molecule has 23 heavy (non-hydrogen) atoms. The van der Waals surface area contributed by atoms with Gasteiger partial charge in [0.25, 0.3) is 0 Å². The molecule has 1 nitrogen and oxygen atoms in total. The Morgan fingerprint density at radius 1 is 0.826 bits per heavy atom. The van der Waals surface area contributed by atoms with Gasteiger partial charge in [0, 0.05) is 17.1 Å². The van der Waals surface area contributed by atoms with Crippen LogP contribution in [0, 0.1) is 13.8 Å². The largest absolute Gasteiger partial charge is 0.314 e. The van der Waals surface area contributed by atoms with E-state index in [1.54, 1.807) is 0 Å². The number of rotatable bonds is 3. The zero-order chi connectivity index (χ0) is 16.7. The Morgan fingerprint density at radius 2 is 1.39 bits per heavy atom. The molecule has 0 radical (unpaired) electrons. The van der Waals surface area contributed by atoms with Crippen LogP contribution < -0.4 is 4.90 Å². The molecule has 0 aliphatic heterocycles. The van der Waals surface area contributed by atoms with Crippen molar-refractivity contribution in [3.63, 3.8) is 0 Å². The summed E-state index contributed by atoms with van der Waals surface area (Å²) in [5.74, 6) is 0. The van der Waals surface area contributed by atoms with E-state index in [9.17, 15) is 0 Å². The third kappa shape index (κ3) is 4.35. The van der Waals surface area contributed by atoms with Gasteiger partial charge in [0.15, 0.2) is 0 Å². The lowest BCUT2D eigenvalue weighted by Gasteiger charge is -2.29. The molecular formula is C22H27N. The topological polar surface area (TPSA) is 3.24 Å². The molecule has 0 saturated heterocycles. The lowest BCUT2D eigenvalue weighted by Crippen LogP contribution is -2.17. The summed E-state index contributed by atoms with van der Waals surface area (Å²) in [7, 11) is 0. The van der Waals surface area contributed by atoms with Gasteiger partial charge in [0.1, 0.15) is 0 Å². The zero-order valence-electron chi connectivity index (χ0n) is 14.7. The molecule has 0 heterocycles. The molecule has 0 fully saturated rings. The Labute approximate surface area is 141 Å². The summed E-state index contributed by atoms with van der Waals surface area (Å²) in [6.07, 6.45) is 8.82. The van der Waals surface area contributed by atoms with Crippen LogP contribution in [-0.4, -0.2) is 0 Å². The lowest BCUT2D eigenvalue weighted by atomic mass is 10.1. The SMILES string of the molecule is CC.Cc1cccc(N(C2=CC=CCC2)c2cccc(C)c2)c1. The van der Waals surface area contributed by atoms with Crippen LogP contribution in [0.15, 0.2) is 72.5 Å². The van der Waals surface area contributed by atoms with Crippen molar-refractivity contribution >= 4 is 11.4 Å². The summed E-state index contributed by atoms with van der Waals surface area (Å²) in [6.45, 7) is 8.29. The average molecular weight is 305 g/mol. The highest BCUT2D eigenvalue weighted by Crippen LogP contribution is 2.33. The van der Waals surface area contributed by atoms with Gasteiger partial charge in [-0.15, -0.1) is 0 Å². The minimum atomic E-state index is 1.08. The van der Waals surface area contributed by atoms with Gasteiger partial charge in [-0.3, -0.25) is 0 Å². The van der Waals surface area contributed by atoms with E-state index in [1.807, 2.05) is 13.8 Å². The summed E-state index contributed by atoms with van der Waals surface area (Å²) < 4.78 is 0. The number of benzene rings is 2. The highest BCUT2D eigenvalue weighted by Gasteiger charge is 2.15. The minimum absolute atomic E-state index is 1.08.